The Kier molecular flexibility index (Phi) is 14.7. The zero-order valence-electron chi connectivity index (χ0n) is 33.8. The van der Waals surface area contributed by atoms with Gasteiger partial charge in [-0.05, 0) is 84.5 Å². The van der Waals surface area contributed by atoms with Gasteiger partial charge in [0.2, 0.25) is 0 Å². The second kappa shape index (κ2) is 17.6. The molecule has 0 saturated heterocycles. The summed E-state index contributed by atoms with van der Waals surface area (Å²) in [6.45, 7) is 30.4. The third kappa shape index (κ3) is 13.9. The van der Waals surface area contributed by atoms with E-state index in [9.17, 15) is 0 Å². The van der Waals surface area contributed by atoms with Gasteiger partial charge < -0.3 is 10.6 Å². The third-order valence-corrected chi connectivity index (χ3v) is 8.65. The first-order chi connectivity index (χ1) is 23.0. The van der Waals surface area contributed by atoms with Crippen molar-refractivity contribution >= 4 is 28.2 Å². The van der Waals surface area contributed by atoms with E-state index in [4.69, 9.17) is 5.73 Å². The SMILES string of the molecule is C=Cc1ccc(C(C)(C)C)cc1.CC(C)(C)c1ccc(N)cc1.CC(C)(C)c1ccc2ccccc2c1.CN(C)c1ccc(C(C)(C)C)cc1. The second-order valence-corrected chi connectivity index (χ2v) is 17.5. The minimum Gasteiger partial charge on any atom is -0.399 e. The fraction of sp³-hybridized carbons (Fsp3) is 0.375. The third-order valence-electron chi connectivity index (χ3n) is 8.65. The predicted octanol–water partition coefficient (Wildman–Crippen LogP) is 13.4. The molecule has 0 unspecified atom stereocenters. The Balaban J connectivity index is 0.000000232. The van der Waals surface area contributed by atoms with Crippen LogP contribution in [0.2, 0.25) is 0 Å². The normalized spacial score (nSPS) is 11.6. The van der Waals surface area contributed by atoms with Crippen molar-refractivity contribution in [2.45, 2.75) is 105 Å². The van der Waals surface area contributed by atoms with Crippen LogP contribution in [0.15, 0.2) is 122 Å². The average Bonchev–Trinajstić information content (AvgIpc) is 3.04. The van der Waals surface area contributed by atoms with Gasteiger partial charge in [0.1, 0.15) is 0 Å². The lowest BCUT2D eigenvalue weighted by Gasteiger charge is -2.20. The molecule has 0 aliphatic carbocycles. The Morgan fingerprint density at radius 3 is 1.20 bits per heavy atom. The number of nitrogen functional groups attached to an aromatic ring is 1. The molecule has 2 N–H and O–H groups in total. The lowest BCUT2D eigenvalue weighted by Crippen LogP contribution is -2.12. The van der Waals surface area contributed by atoms with Crippen molar-refractivity contribution in [2.24, 2.45) is 0 Å². The van der Waals surface area contributed by atoms with Crippen molar-refractivity contribution in [1.82, 2.24) is 0 Å². The van der Waals surface area contributed by atoms with Crippen LogP contribution in [0.3, 0.4) is 0 Å². The van der Waals surface area contributed by atoms with Crippen molar-refractivity contribution in [3.05, 3.63) is 150 Å². The molecule has 0 fully saturated rings. The van der Waals surface area contributed by atoms with Gasteiger partial charge in [0, 0.05) is 25.5 Å². The van der Waals surface area contributed by atoms with E-state index in [-0.39, 0.29) is 21.7 Å². The molecule has 0 aromatic heterocycles. The summed E-state index contributed by atoms with van der Waals surface area (Å²) in [5.41, 5.74) is 15.3. The molecule has 2 nitrogen and oxygen atoms in total. The fourth-order valence-electron chi connectivity index (χ4n) is 5.02. The Hall–Kier alpha value is -4.30. The summed E-state index contributed by atoms with van der Waals surface area (Å²) in [4.78, 5) is 2.12. The first-order valence-corrected chi connectivity index (χ1v) is 17.9. The average molecular weight is 671 g/mol. The summed E-state index contributed by atoms with van der Waals surface area (Å²) in [5, 5.41) is 2.65. The standard InChI is InChI=1S/C14H16.C12H19N.C12H16.C10H15N/c1-14(2,3)13-9-8-11-6-4-5-7-12(11)10-13;1-12(2,3)10-6-8-11(9-7-10)13(4)5;1-5-10-6-8-11(9-7-10)12(2,3)4;1-10(2,3)8-4-6-9(11)7-5-8/h4-10H,1-3H3;6-9H,1-5H3;5-9H,1H2,2-4H3;4-7H,11H2,1-3H3. The highest BCUT2D eigenvalue weighted by molar-refractivity contribution is 5.83. The molecule has 0 radical (unpaired) electrons. The molecule has 0 atom stereocenters. The number of benzene rings is 5. The number of fused-ring (bicyclic) bond motifs is 1. The Bertz CT molecular complexity index is 1730. The quantitative estimate of drug-likeness (QED) is 0.189. The first-order valence-electron chi connectivity index (χ1n) is 17.9. The van der Waals surface area contributed by atoms with E-state index >= 15 is 0 Å². The predicted molar refractivity (Wildman–Crippen MR) is 227 cm³/mol. The van der Waals surface area contributed by atoms with E-state index < -0.39 is 0 Å². The van der Waals surface area contributed by atoms with Crippen LogP contribution >= 0.6 is 0 Å². The van der Waals surface area contributed by atoms with Crippen molar-refractivity contribution in [1.29, 1.82) is 0 Å². The molecule has 5 rings (SSSR count). The lowest BCUT2D eigenvalue weighted by molar-refractivity contribution is 0.590. The summed E-state index contributed by atoms with van der Waals surface area (Å²) in [6, 6.07) is 40.5. The highest BCUT2D eigenvalue weighted by Gasteiger charge is 2.15. The van der Waals surface area contributed by atoms with Gasteiger partial charge in [0.25, 0.3) is 0 Å². The molecule has 2 heteroatoms. The molecule has 0 amide bonds. The van der Waals surface area contributed by atoms with E-state index in [0.717, 1.165) is 5.69 Å². The van der Waals surface area contributed by atoms with Gasteiger partial charge in [0.05, 0.1) is 0 Å². The molecule has 5 aromatic rings. The first kappa shape index (κ1) is 41.9. The highest BCUT2D eigenvalue weighted by atomic mass is 15.1. The van der Waals surface area contributed by atoms with Crippen LogP contribution in [-0.2, 0) is 21.7 Å². The molecule has 0 aliphatic heterocycles. The zero-order valence-corrected chi connectivity index (χ0v) is 33.8. The smallest absolute Gasteiger partial charge is 0.0361 e. The van der Waals surface area contributed by atoms with Gasteiger partial charge in [-0.25, -0.2) is 0 Å². The Morgan fingerprint density at radius 1 is 0.460 bits per heavy atom. The van der Waals surface area contributed by atoms with Crippen LogP contribution in [0, 0.1) is 0 Å². The van der Waals surface area contributed by atoms with E-state index in [0.29, 0.717) is 0 Å². The van der Waals surface area contributed by atoms with Gasteiger partial charge >= 0.3 is 0 Å². The number of rotatable bonds is 2. The molecule has 5 aromatic carbocycles. The van der Waals surface area contributed by atoms with Crippen molar-refractivity contribution in [2.75, 3.05) is 24.7 Å². The van der Waals surface area contributed by atoms with Crippen LogP contribution in [0.4, 0.5) is 11.4 Å². The topological polar surface area (TPSA) is 29.3 Å². The molecule has 0 spiro atoms. The van der Waals surface area contributed by atoms with E-state index in [2.05, 4.69) is 212 Å². The molecule has 0 heterocycles. The van der Waals surface area contributed by atoms with Crippen LogP contribution in [0.5, 0.6) is 0 Å². The fourth-order valence-corrected chi connectivity index (χ4v) is 5.02. The monoisotopic (exact) mass is 671 g/mol. The van der Waals surface area contributed by atoms with Gasteiger partial charge in [-0.1, -0.05) is 187 Å². The Labute approximate surface area is 306 Å². The van der Waals surface area contributed by atoms with Crippen LogP contribution in [-0.4, -0.2) is 14.1 Å². The summed E-state index contributed by atoms with van der Waals surface area (Å²) in [5.74, 6) is 0. The van der Waals surface area contributed by atoms with Crippen LogP contribution < -0.4 is 10.6 Å². The minimum atomic E-state index is 0.230. The van der Waals surface area contributed by atoms with Gasteiger partial charge in [-0.3, -0.25) is 0 Å². The maximum Gasteiger partial charge on any atom is 0.0361 e. The van der Waals surface area contributed by atoms with Gasteiger partial charge in [-0.2, -0.15) is 0 Å². The van der Waals surface area contributed by atoms with Crippen LogP contribution in [0.25, 0.3) is 16.8 Å². The van der Waals surface area contributed by atoms with Crippen molar-refractivity contribution < 1.29 is 0 Å². The lowest BCUT2D eigenvalue weighted by atomic mass is 9.86. The molecule has 0 aliphatic rings. The van der Waals surface area contributed by atoms with Gasteiger partial charge in [0.15, 0.2) is 0 Å². The summed E-state index contributed by atoms with van der Waals surface area (Å²) >= 11 is 0. The summed E-state index contributed by atoms with van der Waals surface area (Å²) < 4.78 is 0. The molecule has 0 saturated carbocycles. The second-order valence-electron chi connectivity index (χ2n) is 17.5. The molecule has 268 valence electrons. The summed E-state index contributed by atoms with van der Waals surface area (Å²) in [6.07, 6.45) is 1.87. The Morgan fingerprint density at radius 2 is 0.820 bits per heavy atom. The van der Waals surface area contributed by atoms with Crippen molar-refractivity contribution in [3.8, 4) is 0 Å². The maximum atomic E-state index is 5.57. The summed E-state index contributed by atoms with van der Waals surface area (Å²) in [7, 11) is 4.12. The molecular formula is C48H66N2. The number of nitrogens with two attached hydrogens (primary N) is 1. The number of anilines is 2. The molecular weight excluding hydrogens is 605 g/mol. The van der Waals surface area contributed by atoms with E-state index in [1.807, 2.05) is 18.2 Å². The minimum absolute atomic E-state index is 0.230. The zero-order chi connectivity index (χ0) is 37.9. The van der Waals surface area contributed by atoms with Crippen molar-refractivity contribution in [3.63, 3.8) is 0 Å². The van der Waals surface area contributed by atoms with E-state index in [1.54, 1.807) is 0 Å². The molecule has 50 heavy (non-hydrogen) atoms. The highest BCUT2D eigenvalue weighted by Crippen LogP contribution is 2.27. The van der Waals surface area contributed by atoms with Gasteiger partial charge in [-0.15, -0.1) is 0 Å². The molecule has 0 bridgehead atoms. The number of hydrogen-bond donors (Lipinski definition) is 1. The maximum absolute atomic E-state index is 5.57. The van der Waals surface area contributed by atoms with E-state index in [1.165, 1.54) is 44.3 Å². The van der Waals surface area contributed by atoms with Crippen LogP contribution in [0.1, 0.15) is 111 Å². The number of nitrogens with zero attached hydrogens (tertiary/aromatic N) is 1. The number of hydrogen-bond acceptors (Lipinski definition) is 2. The largest absolute Gasteiger partial charge is 0.399 e.